The van der Waals surface area contributed by atoms with Crippen molar-refractivity contribution in [2.45, 2.75) is 19.8 Å². The van der Waals surface area contributed by atoms with E-state index in [1.807, 2.05) is 4.90 Å². The Hall–Kier alpha value is -0.990. The van der Waals surface area contributed by atoms with Crippen LogP contribution in [0.15, 0.2) is 12.3 Å². The summed E-state index contributed by atoms with van der Waals surface area (Å²) in [7, 11) is 0. The molecule has 0 N–H and O–H groups in total. The summed E-state index contributed by atoms with van der Waals surface area (Å²) in [5, 5.41) is 0. The molecule has 1 saturated heterocycles. The number of unbranched alkanes of at least 4 members (excludes halogenated alkanes) is 1. The van der Waals surface area contributed by atoms with Crippen LogP contribution in [0, 0.1) is 0 Å². The molecule has 0 aromatic carbocycles. The fourth-order valence-corrected chi connectivity index (χ4v) is 0.738. The van der Waals surface area contributed by atoms with Crippen LogP contribution in [0.25, 0.3) is 0 Å². The van der Waals surface area contributed by atoms with Crippen molar-refractivity contribution < 1.29 is 9.53 Å². The molecule has 3 heteroatoms. The molecule has 1 rings (SSSR count). The lowest BCUT2D eigenvalue weighted by Crippen LogP contribution is -2.02. The largest absolute Gasteiger partial charge is 0.462 e. The fourth-order valence-electron chi connectivity index (χ4n) is 0.738. The third-order valence-electron chi connectivity index (χ3n) is 1.65. The zero-order valence-electron chi connectivity index (χ0n) is 7.45. The number of carbonyl (C=O) groups is 1. The number of rotatable bonds is 5. The number of carbonyl (C=O) groups excluding carboxylic acids is 1. The van der Waals surface area contributed by atoms with Crippen molar-refractivity contribution >= 4 is 5.97 Å². The second-order valence-corrected chi connectivity index (χ2v) is 2.87. The van der Waals surface area contributed by atoms with Gasteiger partial charge in [0.05, 0.1) is 6.61 Å². The maximum atomic E-state index is 10.9. The molecule has 0 unspecified atom stereocenters. The molecule has 0 spiro atoms. The number of ether oxygens (including phenoxy) is 1. The second-order valence-electron chi connectivity index (χ2n) is 2.87. The number of nitrogens with zero attached hydrogens (tertiary/aromatic N) is 1. The lowest BCUT2D eigenvalue weighted by atomic mass is 10.4. The van der Waals surface area contributed by atoms with Gasteiger partial charge in [0.25, 0.3) is 0 Å². The molecule has 0 radical (unpaired) electrons. The van der Waals surface area contributed by atoms with E-state index in [1.54, 1.807) is 6.20 Å². The van der Waals surface area contributed by atoms with E-state index in [4.69, 9.17) is 4.74 Å². The maximum Gasteiger partial charge on any atom is 0.332 e. The van der Waals surface area contributed by atoms with Crippen LogP contribution < -0.4 is 0 Å². The number of hydrogen-bond acceptors (Lipinski definition) is 3. The fraction of sp³-hybridized carbons (Fsp3) is 0.667. The first kappa shape index (κ1) is 9.10. The van der Waals surface area contributed by atoms with Crippen LogP contribution in [0.4, 0.5) is 0 Å². The van der Waals surface area contributed by atoms with E-state index in [1.165, 1.54) is 6.08 Å². The highest BCUT2D eigenvalue weighted by Crippen LogP contribution is 2.03. The van der Waals surface area contributed by atoms with Gasteiger partial charge in [0.2, 0.25) is 0 Å². The molecule has 0 aromatic rings. The van der Waals surface area contributed by atoms with Gasteiger partial charge in [-0.05, 0) is 6.42 Å². The van der Waals surface area contributed by atoms with Gasteiger partial charge in [-0.3, -0.25) is 0 Å². The Labute approximate surface area is 73.0 Å². The molecule has 1 aliphatic heterocycles. The Bertz CT molecular complexity index is 173. The molecular formula is C9H15NO2. The molecule has 0 aliphatic carbocycles. The number of esters is 1. The first-order valence-electron chi connectivity index (χ1n) is 4.42. The lowest BCUT2D eigenvalue weighted by Gasteiger charge is -1.98. The molecule has 0 amide bonds. The average molecular weight is 169 g/mol. The predicted molar refractivity (Wildman–Crippen MR) is 46.6 cm³/mol. The molecule has 0 atom stereocenters. The van der Waals surface area contributed by atoms with Gasteiger partial charge < -0.3 is 9.64 Å². The van der Waals surface area contributed by atoms with Gasteiger partial charge in [-0.15, -0.1) is 0 Å². The van der Waals surface area contributed by atoms with Crippen LogP contribution in [0.5, 0.6) is 0 Å². The molecule has 0 aromatic heterocycles. The van der Waals surface area contributed by atoms with Gasteiger partial charge in [-0.1, -0.05) is 13.3 Å². The predicted octanol–water partition coefficient (Wildman–Crippen LogP) is 1.16. The average Bonchev–Trinajstić information content (AvgIpc) is 2.84. The summed E-state index contributed by atoms with van der Waals surface area (Å²) in [4.78, 5) is 13.0. The van der Waals surface area contributed by atoms with Gasteiger partial charge in [0.15, 0.2) is 0 Å². The standard InChI is InChI=1S/C9H15NO2/c1-2-3-8-12-9(11)4-5-10-6-7-10/h4-5H,2-3,6-8H2,1H3. The first-order valence-corrected chi connectivity index (χ1v) is 4.42. The Morgan fingerprint density at radius 3 is 2.92 bits per heavy atom. The first-order chi connectivity index (χ1) is 5.83. The van der Waals surface area contributed by atoms with Gasteiger partial charge >= 0.3 is 5.97 Å². The SMILES string of the molecule is CCCCOC(=O)C=CN1CC1. The smallest absolute Gasteiger partial charge is 0.332 e. The van der Waals surface area contributed by atoms with Crippen LogP contribution in [-0.4, -0.2) is 30.6 Å². The second kappa shape index (κ2) is 4.80. The van der Waals surface area contributed by atoms with Crippen molar-refractivity contribution in [3.8, 4) is 0 Å². The van der Waals surface area contributed by atoms with E-state index in [0.29, 0.717) is 6.61 Å². The molecule has 0 saturated carbocycles. The minimum absolute atomic E-state index is 0.227. The zero-order chi connectivity index (χ0) is 8.81. The Kier molecular flexibility index (Phi) is 3.64. The van der Waals surface area contributed by atoms with Crippen molar-refractivity contribution in [3.05, 3.63) is 12.3 Å². The highest BCUT2D eigenvalue weighted by molar-refractivity contribution is 5.81. The summed E-state index contributed by atoms with van der Waals surface area (Å²) in [6, 6.07) is 0. The van der Waals surface area contributed by atoms with Gasteiger partial charge in [-0.25, -0.2) is 4.79 Å². The molecule has 1 aliphatic rings. The van der Waals surface area contributed by atoms with Crippen molar-refractivity contribution in [1.82, 2.24) is 4.90 Å². The van der Waals surface area contributed by atoms with Gasteiger partial charge in [0, 0.05) is 25.4 Å². The maximum absolute atomic E-state index is 10.9. The molecule has 0 bridgehead atoms. The molecule has 68 valence electrons. The van der Waals surface area contributed by atoms with Crippen LogP contribution >= 0.6 is 0 Å². The zero-order valence-corrected chi connectivity index (χ0v) is 7.45. The Balaban J connectivity index is 2.02. The number of hydrogen-bond donors (Lipinski definition) is 0. The third kappa shape index (κ3) is 4.01. The van der Waals surface area contributed by atoms with Crippen molar-refractivity contribution in [2.75, 3.05) is 19.7 Å². The van der Waals surface area contributed by atoms with E-state index in [9.17, 15) is 4.79 Å². The van der Waals surface area contributed by atoms with E-state index in [-0.39, 0.29) is 5.97 Å². The van der Waals surface area contributed by atoms with Crippen LogP contribution in [0.2, 0.25) is 0 Å². The summed E-state index contributed by atoms with van der Waals surface area (Å²) in [5.41, 5.74) is 0. The lowest BCUT2D eigenvalue weighted by molar-refractivity contribution is -0.137. The summed E-state index contributed by atoms with van der Waals surface area (Å²) in [6.07, 6.45) is 5.28. The topological polar surface area (TPSA) is 29.3 Å². The van der Waals surface area contributed by atoms with E-state index in [2.05, 4.69) is 6.92 Å². The van der Waals surface area contributed by atoms with Gasteiger partial charge in [-0.2, -0.15) is 0 Å². The van der Waals surface area contributed by atoms with E-state index in [0.717, 1.165) is 25.9 Å². The van der Waals surface area contributed by atoms with Crippen LogP contribution in [0.1, 0.15) is 19.8 Å². The van der Waals surface area contributed by atoms with Crippen LogP contribution in [0.3, 0.4) is 0 Å². The Morgan fingerprint density at radius 2 is 2.33 bits per heavy atom. The monoisotopic (exact) mass is 169 g/mol. The van der Waals surface area contributed by atoms with Gasteiger partial charge in [0.1, 0.15) is 0 Å². The summed E-state index contributed by atoms with van der Waals surface area (Å²) in [5.74, 6) is -0.227. The van der Waals surface area contributed by atoms with Crippen molar-refractivity contribution in [3.63, 3.8) is 0 Å². The quantitative estimate of drug-likeness (QED) is 0.268. The highest BCUT2D eigenvalue weighted by Gasteiger charge is 2.11. The van der Waals surface area contributed by atoms with E-state index < -0.39 is 0 Å². The van der Waals surface area contributed by atoms with Crippen LogP contribution in [-0.2, 0) is 9.53 Å². The molecule has 3 nitrogen and oxygen atoms in total. The minimum atomic E-state index is -0.227. The molecule has 1 fully saturated rings. The summed E-state index contributed by atoms with van der Waals surface area (Å²) >= 11 is 0. The van der Waals surface area contributed by atoms with E-state index >= 15 is 0 Å². The summed E-state index contributed by atoms with van der Waals surface area (Å²) in [6.45, 7) is 4.75. The normalized spacial score (nSPS) is 15.2. The van der Waals surface area contributed by atoms with Crippen molar-refractivity contribution in [1.29, 1.82) is 0 Å². The molecular weight excluding hydrogens is 154 g/mol. The molecule has 1 heterocycles. The highest BCUT2D eigenvalue weighted by atomic mass is 16.5. The minimum Gasteiger partial charge on any atom is -0.462 e. The Morgan fingerprint density at radius 1 is 1.58 bits per heavy atom. The molecule has 12 heavy (non-hydrogen) atoms. The van der Waals surface area contributed by atoms with Crippen molar-refractivity contribution in [2.24, 2.45) is 0 Å². The summed E-state index contributed by atoms with van der Waals surface area (Å²) < 4.78 is 4.91. The third-order valence-corrected chi connectivity index (χ3v) is 1.65.